The third-order valence-corrected chi connectivity index (χ3v) is 2.99. The molecule has 0 aliphatic heterocycles. The molecule has 1 heterocycles. The van der Waals surface area contributed by atoms with Gasteiger partial charge < -0.3 is 10.2 Å². The number of aromatic nitrogens is 1. The maximum atomic E-state index is 5.97. The van der Waals surface area contributed by atoms with E-state index >= 15 is 0 Å². The van der Waals surface area contributed by atoms with Gasteiger partial charge in [0, 0.05) is 35.4 Å². The molecule has 0 saturated carbocycles. The van der Waals surface area contributed by atoms with E-state index in [2.05, 4.69) is 41.4 Å². The van der Waals surface area contributed by atoms with Gasteiger partial charge in [0.1, 0.15) is 0 Å². The van der Waals surface area contributed by atoms with Gasteiger partial charge in [0.25, 0.3) is 0 Å². The minimum absolute atomic E-state index is 0.711. The van der Waals surface area contributed by atoms with Crippen LogP contribution in [0.15, 0.2) is 42.6 Å². The van der Waals surface area contributed by atoms with Crippen LogP contribution in [0.25, 0.3) is 10.9 Å². The molecule has 0 atom stereocenters. The van der Waals surface area contributed by atoms with Gasteiger partial charge in [-0.25, -0.2) is 0 Å². The smallest absolute Gasteiger partial charge is 0.0737 e. The second kappa shape index (κ2) is 6.55. The van der Waals surface area contributed by atoms with Gasteiger partial charge in [-0.3, -0.25) is 4.98 Å². The van der Waals surface area contributed by atoms with Gasteiger partial charge in [0.15, 0.2) is 0 Å². The Labute approximate surface area is 118 Å². The zero-order chi connectivity index (χ0) is 13.7. The first-order valence-electron chi connectivity index (χ1n) is 6.24. The van der Waals surface area contributed by atoms with E-state index in [1.54, 1.807) is 6.20 Å². The van der Waals surface area contributed by atoms with Crippen LogP contribution in [0, 0.1) is 0 Å². The summed E-state index contributed by atoms with van der Waals surface area (Å²) in [6.45, 7) is 1.75. The van der Waals surface area contributed by atoms with Crippen LogP contribution in [0.1, 0.15) is 0 Å². The van der Waals surface area contributed by atoms with Gasteiger partial charge in [0.05, 0.1) is 5.52 Å². The lowest BCUT2D eigenvalue weighted by Gasteiger charge is -2.08. The standard InChI is InChI=1S/C15H18ClN3/c1-19(2)10-4-3-8-17-14-7-9-18-15-11-12(16)5-6-13(14)15/h3-7,9,11H,8,10H2,1-2H3,(H,17,18)/b4-3+. The van der Waals surface area contributed by atoms with Gasteiger partial charge in [-0.05, 0) is 38.4 Å². The lowest BCUT2D eigenvalue weighted by atomic mass is 10.2. The fourth-order valence-electron chi connectivity index (χ4n) is 1.81. The lowest BCUT2D eigenvalue weighted by molar-refractivity contribution is 0.456. The number of pyridine rings is 1. The molecule has 100 valence electrons. The number of hydrogen-bond acceptors (Lipinski definition) is 3. The highest BCUT2D eigenvalue weighted by Crippen LogP contribution is 2.24. The topological polar surface area (TPSA) is 28.2 Å². The summed E-state index contributed by atoms with van der Waals surface area (Å²) in [5.41, 5.74) is 1.99. The molecule has 0 aliphatic carbocycles. The first kappa shape index (κ1) is 13.8. The normalized spacial score (nSPS) is 11.6. The van der Waals surface area contributed by atoms with Crippen molar-refractivity contribution in [3.05, 3.63) is 47.6 Å². The van der Waals surface area contributed by atoms with Gasteiger partial charge in [-0.2, -0.15) is 0 Å². The van der Waals surface area contributed by atoms with Crippen molar-refractivity contribution in [1.29, 1.82) is 0 Å². The van der Waals surface area contributed by atoms with Gasteiger partial charge in [-0.15, -0.1) is 0 Å². The fraction of sp³-hybridized carbons (Fsp3) is 0.267. The number of rotatable bonds is 5. The summed E-state index contributed by atoms with van der Waals surface area (Å²) in [7, 11) is 4.11. The molecule has 3 nitrogen and oxygen atoms in total. The quantitative estimate of drug-likeness (QED) is 0.848. The van der Waals surface area contributed by atoms with Crippen molar-refractivity contribution < 1.29 is 0 Å². The molecule has 1 aromatic heterocycles. The van der Waals surface area contributed by atoms with Crippen molar-refractivity contribution in [2.75, 3.05) is 32.5 Å². The van der Waals surface area contributed by atoms with E-state index in [0.29, 0.717) is 5.02 Å². The van der Waals surface area contributed by atoms with Crippen molar-refractivity contribution in [2.45, 2.75) is 0 Å². The summed E-state index contributed by atoms with van der Waals surface area (Å²) < 4.78 is 0. The summed E-state index contributed by atoms with van der Waals surface area (Å²) in [6, 6.07) is 7.75. The second-order valence-electron chi connectivity index (χ2n) is 4.63. The zero-order valence-corrected chi connectivity index (χ0v) is 12.0. The largest absolute Gasteiger partial charge is 0.381 e. The highest BCUT2D eigenvalue weighted by molar-refractivity contribution is 6.31. The molecule has 19 heavy (non-hydrogen) atoms. The number of likely N-dealkylation sites (N-methyl/N-ethyl adjacent to an activating group) is 1. The van der Waals surface area contributed by atoms with Crippen molar-refractivity contribution in [3.63, 3.8) is 0 Å². The van der Waals surface area contributed by atoms with Crippen molar-refractivity contribution >= 4 is 28.2 Å². The number of fused-ring (bicyclic) bond motifs is 1. The third-order valence-electron chi connectivity index (χ3n) is 2.75. The van der Waals surface area contributed by atoms with Crippen LogP contribution in [0.5, 0.6) is 0 Å². The molecule has 2 rings (SSSR count). The number of benzene rings is 1. The van der Waals surface area contributed by atoms with E-state index in [9.17, 15) is 0 Å². The summed E-state index contributed by atoms with van der Waals surface area (Å²) >= 11 is 5.97. The highest BCUT2D eigenvalue weighted by atomic mass is 35.5. The predicted molar refractivity (Wildman–Crippen MR) is 82.9 cm³/mol. The monoisotopic (exact) mass is 275 g/mol. The van der Waals surface area contributed by atoms with E-state index in [0.717, 1.165) is 29.7 Å². The minimum Gasteiger partial charge on any atom is -0.381 e. The Morgan fingerprint density at radius 3 is 2.89 bits per heavy atom. The average molecular weight is 276 g/mol. The SMILES string of the molecule is CN(C)C/C=C/CNc1ccnc2cc(Cl)ccc12. The Hall–Kier alpha value is -1.58. The van der Waals surface area contributed by atoms with Crippen molar-refractivity contribution in [2.24, 2.45) is 0 Å². The zero-order valence-electron chi connectivity index (χ0n) is 11.2. The van der Waals surface area contributed by atoms with Crippen LogP contribution in [-0.4, -0.2) is 37.1 Å². The molecule has 4 heteroatoms. The van der Waals surface area contributed by atoms with E-state index in [4.69, 9.17) is 11.6 Å². The Morgan fingerprint density at radius 1 is 1.26 bits per heavy atom. The lowest BCUT2D eigenvalue weighted by Crippen LogP contribution is -2.11. The molecule has 1 aromatic carbocycles. The molecule has 1 N–H and O–H groups in total. The molecular weight excluding hydrogens is 258 g/mol. The number of anilines is 1. The molecule has 0 amide bonds. The number of halogens is 1. The molecule has 0 fully saturated rings. The Balaban J connectivity index is 2.06. The molecule has 0 aliphatic rings. The van der Waals surface area contributed by atoms with E-state index in [1.807, 2.05) is 24.3 Å². The van der Waals surface area contributed by atoms with Crippen molar-refractivity contribution in [1.82, 2.24) is 9.88 Å². The number of hydrogen-bond donors (Lipinski definition) is 1. The van der Waals surface area contributed by atoms with Gasteiger partial charge in [0.2, 0.25) is 0 Å². The number of nitrogens with one attached hydrogen (secondary N) is 1. The van der Waals surface area contributed by atoms with Crippen LogP contribution >= 0.6 is 11.6 Å². The number of nitrogens with zero attached hydrogens (tertiary/aromatic N) is 2. The summed E-state index contributed by atoms with van der Waals surface area (Å²) in [5.74, 6) is 0. The Bertz CT molecular complexity index is 579. The van der Waals surface area contributed by atoms with Crippen LogP contribution < -0.4 is 5.32 Å². The Morgan fingerprint density at radius 2 is 2.11 bits per heavy atom. The van der Waals surface area contributed by atoms with Crippen molar-refractivity contribution in [3.8, 4) is 0 Å². The van der Waals surface area contributed by atoms with E-state index < -0.39 is 0 Å². The third kappa shape index (κ3) is 3.94. The maximum Gasteiger partial charge on any atom is 0.0737 e. The van der Waals surface area contributed by atoms with Crippen LogP contribution in [0.2, 0.25) is 5.02 Å². The summed E-state index contributed by atoms with van der Waals surface area (Å²) in [4.78, 5) is 6.45. The maximum absolute atomic E-state index is 5.97. The summed E-state index contributed by atoms with van der Waals surface area (Å²) in [6.07, 6.45) is 6.07. The minimum atomic E-state index is 0.711. The average Bonchev–Trinajstić information content (AvgIpc) is 2.37. The van der Waals surface area contributed by atoms with Crippen LogP contribution in [0.4, 0.5) is 5.69 Å². The van der Waals surface area contributed by atoms with Crippen LogP contribution in [-0.2, 0) is 0 Å². The first-order valence-corrected chi connectivity index (χ1v) is 6.62. The van der Waals surface area contributed by atoms with E-state index in [-0.39, 0.29) is 0 Å². The van der Waals surface area contributed by atoms with Gasteiger partial charge >= 0.3 is 0 Å². The van der Waals surface area contributed by atoms with Gasteiger partial charge in [-0.1, -0.05) is 23.8 Å². The second-order valence-corrected chi connectivity index (χ2v) is 5.07. The predicted octanol–water partition coefficient (Wildman–Crippen LogP) is 3.42. The molecule has 0 bridgehead atoms. The molecule has 0 spiro atoms. The molecule has 0 radical (unpaired) electrons. The summed E-state index contributed by atoms with van der Waals surface area (Å²) in [5, 5.41) is 5.19. The highest BCUT2D eigenvalue weighted by Gasteiger charge is 2.01. The molecule has 0 saturated heterocycles. The molecular formula is C15H18ClN3. The Kier molecular flexibility index (Phi) is 4.77. The molecule has 2 aromatic rings. The fourth-order valence-corrected chi connectivity index (χ4v) is 1.98. The molecule has 0 unspecified atom stereocenters. The van der Waals surface area contributed by atoms with E-state index in [1.165, 1.54) is 0 Å². The first-order chi connectivity index (χ1) is 9.16. The van der Waals surface area contributed by atoms with Crippen LogP contribution in [0.3, 0.4) is 0 Å².